The van der Waals surface area contributed by atoms with Crippen LogP contribution in [-0.2, 0) is 0 Å². The first-order chi connectivity index (χ1) is 7.22. The van der Waals surface area contributed by atoms with Crippen molar-refractivity contribution >= 4 is 11.0 Å². The first-order valence-electron chi connectivity index (χ1n) is 5.37. The molecule has 2 aromatic rings. The van der Waals surface area contributed by atoms with Gasteiger partial charge in [0.05, 0.1) is 11.0 Å². The normalized spacial score (nSPS) is 13.3. The maximum atomic E-state index is 5.55. The molecule has 0 saturated heterocycles. The van der Waals surface area contributed by atoms with Crippen molar-refractivity contribution in [3.8, 4) is 0 Å². The predicted molar refractivity (Wildman–Crippen MR) is 62.9 cm³/mol. The Balaban J connectivity index is 2.43. The molecule has 0 spiro atoms. The van der Waals surface area contributed by atoms with Gasteiger partial charge >= 0.3 is 0 Å². The number of rotatable bonds is 3. The van der Waals surface area contributed by atoms with E-state index in [0.717, 1.165) is 23.3 Å². The average molecular weight is 203 g/mol. The molecule has 0 radical (unpaired) electrons. The molecule has 3 N–H and O–H groups in total. The summed E-state index contributed by atoms with van der Waals surface area (Å²) in [7, 11) is 0. The lowest BCUT2D eigenvalue weighted by Crippen LogP contribution is -2.05. The Morgan fingerprint density at radius 2 is 2.27 bits per heavy atom. The molecule has 1 unspecified atom stereocenters. The summed E-state index contributed by atoms with van der Waals surface area (Å²) in [6, 6.07) is 6.20. The number of fused-ring (bicyclic) bond motifs is 1. The van der Waals surface area contributed by atoms with E-state index in [1.54, 1.807) is 0 Å². The Morgan fingerprint density at radius 3 is 2.93 bits per heavy atom. The van der Waals surface area contributed by atoms with Crippen molar-refractivity contribution in [2.24, 2.45) is 5.73 Å². The topological polar surface area (TPSA) is 54.7 Å². The van der Waals surface area contributed by atoms with Gasteiger partial charge in [-0.05, 0) is 31.5 Å². The number of nitrogens with zero attached hydrogens (tertiary/aromatic N) is 1. The van der Waals surface area contributed by atoms with E-state index in [1.807, 2.05) is 6.07 Å². The molecule has 0 saturated carbocycles. The molecule has 0 aliphatic carbocycles. The molecular formula is C12H17N3. The van der Waals surface area contributed by atoms with Crippen LogP contribution in [0, 0.1) is 6.92 Å². The predicted octanol–water partition coefficient (Wildman–Crippen LogP) is 2.32. The fourth-order valence-electron chi connectivity index (χ4n) is 1.81. The maximum absolute atomic E-state index is 5.55. The Kier molecular flexibility index (Phi) is 2.73. The van der Waals surface area contributed by atoms with Gasteiger partial charge in [-0.2, -0.15) is 0 Å². The van der Waals surface area contributed by atoms with Gasteiger partial charge in [0.1, 0.15) is 5.82 Å². The molecule has 0 aliphatic rings. The molecule has 1 atom stereocenters. The van der Waals surface area contributed by atoms with Gasteiger partial charge in [-0.1, -0.05) is 19.1 Å². The minimum Gasteiger partial charge on any atom is -0.342 e. The van der Waals surface area contributed by atoms with Crippen LogP contribution >= 0.6 is 0 Å². The van der Waals surface area contributed by atoms with E-state index < -0.39 is 0 Å². The van der Waals surface area contributed by atoms with Crippen LogP contribution in [0.2, 0.25) is 0 Å². The molecular weight excluding hydrogens is 186 g/mol. The second kappa shape index (κ2) is 4.03. The molecule has 1 heterocycles. The summed E-state index contributed by atoms with van der Waals surface area (Å²) in [5, 5.41) is 0. The second-order valence-electron chi connectivity index (χ2n) is 4.07. The number of hydrogen-bond donors (Lipinski definition) is 2. The first kappa shape index (κ1) is 10.2. The fraction of sp³-hybridized carbons (Fsp3) is 0.417. The van der Waals surface area contributed by atoms with Gasteiger partial charge in [-0.25, -0.2) is 4.98 Å². The highest BCUT2D eigenvalue weighted by Gasteiger charge is 2.10. The number of hydrogen-bond acceptors (Lipinski definition) is 2. The summed E-state index contributed by atoms with van der Waals surface area (Å²) in [5.74, 6) is 1.45. The highest BCUT2D eigenvalue weighted by Crippen LogP contribution is 2.21. The summed E-state index contributed by atoms with van der Waals surface area (Å²) in [6.45, 7) is 4.94. The lowest BCUT2D eigenvalue weighted by molar-refractivity contribution is 0.657. The van der Waals surface area contributed by atoms with Gasteiger partial charge in [0, 0.05) is 5.92 Å². The number of aromatic amines is 1. The maximum Gasteiger partial charge on any atom is 0.110 e. The number of nitrogens with two attached hydrogens (primary N) is 1. The fourth-order valence-corrected chi connectivity index (χ4v) is 1.81. The quantitative estimate of drug-likeness (QED) is 0.804. The summed E-state index contributed by atoms with van der Waals surface area (Å²) in [6.07, 6.45) is 0.971. The minimum atomic E-state index is 0.404. The van der Waals surface area contributed by atoms with Gasteiger partial charge in [-0.3, -0.25) is 0 Å². The van der Waals surface area contributed by atoms with Crippen LogP contribution in [-0.4, -0.2) is 16.5 Å². The van der Waals surface area contributed by atoms with Crippen LogP contribution in [0.1, 0.15) is 30.7 Å². The van der Waals surface area contributed by atoms with Crippen molar-refractivity contribution in [1.29, 1.82) is 0 Å². The van der Waals surface area contributed by atoms with Crippen LogP contribution in [0.25, 0.3) is 11.0 Å². The molecule has 3 heteroatoms. The zero-order valence-electron chi connectivity index (χ0n) is 9.25. The molecule has 1 aromatic carbocycles. The van der Waals surface area contributed by atoms with Gasteiger partial charge in [0.15, 0.2) is 0 Å². The van der Waals surface area contributed by atoms with Crippen LogP contribution in [0.5, 0.6) is 0 Å². The molecule has 0 aliphatic heterocycles. The Hall–Kier alpha value is -1.35. The Morgan fingerprint density at radius 1 is 1.47 bits per heavy atom. The first-order valence-corrected chi connectivity index (χ1v) is 5.37. The average Bonchev–Trinajstić information content (AvgIpc) is 2.63. The molecule has 0 amide bonds. The zero-order valence-corrected chi connectivity index (χ0v) is 9.25. The van der Waals surface area contributed by atoms with Crippen molar-refractivity contribution in [2.45, 2.75) is 26.2 Å². The van der Waals surface area contributed by atoms with Gasteiger partial charge < -0.3 is 10.7 Å². The lowest BCUT2D eigenvalue weighted by atomic mass is 10.1. The van der Waals surface area contributed by atoms with E-state index in [1.165, 1.54) is 5.56 Å². The van der Waals surface area contributed by atoms with E-state index in [2.05, 4.69) is 35.9 Å². The van der Waals surface area contributed by atoms with Crippen molar-refractivity contribution < 1.29 is 0 Å². The minimum absolute atomic E-state index is 0.404. The SMILES string of the molecule is Cc1cccc2[nH]c(C(C)CCN)nc12. The van der Waals surface area contributed by atoms with Gasteiger partial charge in [0.2, 0.25) is 0 Å². The molecule has 1 aromatic heterocycles. The number of imidazole rings is 1. The molecule has 0 fully saturated rings. The smallest absolute Gasteiger partial charge is 0.110 e. The standard InChI is InChI=1S/C12H17N3/c1-8-4-3-5-10-11(8)15-12(14-10)9(2)6-7-13/h3-5,9H,6-7,13H2,1-2H3,(H,14,15). The molecule has 15 heavy (non-hydrogen) atoms. The number of aromatic nitrogens is 2. The molecule has 3 nitrogen and oxygen atoms in total. The van der Waals surface area contributed by atoms with Crippen LogP contribution in [0.4, 0.5) is 0 Å². The highest BCUT2D eigenvalue weighted by molar-refractivity contribution is 5.78. The summed E-state index contributed by atoms with van der Waals surface area (Å²) in [4.78, 5) is 7.97. The van der Waals surface area contributed by atoms with E-state index in [-0.39, 0.29) is 0 Å². The number of para-hydroxylation sites is 1. The Labute approximate surface area is 89.7 Å². The van der Waals surface area contributed by atoms with Crippen molar-refractivity contribution in [3.63, 3.8) is 0 Å². The van der Waals surface area contributed by atoms with E-state index in [9.17, 15) is 0 Å². The van der Waals surface area contributed by atoms with Crippen LogP contribution in [0.15, 0.2) is 18.2 Å². The van der Waals surface area contributed by atoms with Crippen LogP contribution in [0.3, 0.4) is 0 Å². The summed E-state index contributed by atoms with van der Waals surface area (Å²) in [5.41, 5.74) is 8.97. The second-order valence-corrected chi connectivity index (χ2v) is 4.07. The van der Waals surface area contributed by atoms with Crippen molar-refractivity contribution in [2.75, 3.05) is 6.54 Å². The van der Waals surface area contributed by atoms with E-state index in [0.29, 0.717) is 12.5 Å². The third-order valence-corrected chi connectivity index (χ3v) is 2.80. The number of nitrogens with one attached hydrogen (secondary N) is 1. The summed E-state index contributed by atoms with van der Waals surface area (Å²) >= 11 is 0. The van der Waals surface area contributed by atoms with E-state index in [4.69, 9.17) is 5.73 Å². The molecule has 0 bridgehead atoms. The van der Waals surface area contributed by atoms with Gasteiger partial charge in [-0.15, -0.1) is 0 Å². The third-order valence-electron chi connectivity index (χ3n) is 2.80. The number of benzene rings is 1. The van der Waals surface area contributed by atoms with Crippen LogP contribution < -0.4 is 5.73 Å². The molecule has 80 valence electrons. The number of aryl methyl sites for hydroxylation is 1. The third kappa shape index (κ3) is 1.88. The lowest BCUT2D eigenvalue weighted by Gasteiger charge is -2.04. The van der Waals surface area contributed by atoms with Crippen molar-refractivity contribution in [1.82, 2.24) is 9.97 Å². The Bertz CT molecular complexity index is 459. The summed E-state index contributed by atoms with van der Waals surface area (Å²) < 4.78 is 0. The largest absolute Gasteiger partial charge is 0.342 e. The van der Waals surface area contributed by atoms with Gasteiger partial charge in [0.25, 0.3) is 0 Å². The zero-order chi connectivity index (χ0) is 10.8. The highest BCUT2D eigenvalue weighted by atomic mass is 14.9. The molecule has 2 rings (SSSR count). The van der Waals surface area contributed by atoms with E-state index >= 15 is 0 Å². The van der Waals surface area contributed by atoms with Crippen molar-refractivity contribution in [3.05, 3.63) is 29.6 Å². The monoisotopic (exact) mass is 203 g/mol. The number of H-pyrrole nitrogens is 1.